The van der Waals surface area contributed by atoms with Crippen LogP contribution >= 0.6 is 11.3 Å². The SMILES string of the molecule is Cc1cc(C(=O)COc2ncnc3sccc23)c(C)n1CC(F)(F)F. The summed E-state index contributed by atoms with van der Waals surface area (Å²) in [5, 5.41) is 2.53. The summed E-state index contributed by atoms with van der Waals surface area (Å²) in [6, 6.07) is 3.24. The molecule has 0 radical (unpaired) electrons. The van der Waals surface area contributed by atoms with Gasteiger partial charge in [-0.15, -0.1) is 11.3 Å². The number of aryl methyl sites for hydroxylation is 1. The maximum atomic E-state index is 12.7. The third kappa shape index (κ3) is 3.65. The van der Waals surface area contributed by atoms with Gasteiger partial charge in [-0.25, -0.2) is 9.97 Å². The lowest BCUT2D eigenvalue weighted by Crippen LogP contribution is -2.20. The highest BCUT2D eigenvalue weighted by molar-refractivity contribution is 7.16. The second-order valence-corrected chi connectivity index (χ2v) is 6.41. The number of Topliss-reactive ketones (excluding diaryl/α,β-unsaturated/α-hetero) is 1. The van der Waals surface area contributed by atoms with Crippen LogP contribution in [0, 0.1) is 13.8 Å². The molecule has 0 N–H and O–H groups in total. The van der Waals surface area contributed by atoms with Crippen LogP contribution in [0.5, 0.6) is 5.88 Å². The number of thiophene rings is 1. The predicted octanol–water partition coefficient (Wildman–Crippen LogP) is 3.93. The monoisotopic (exact) mass is 369 g/mol. The van der Waals surface area contributed by atoms with E-state index in [0.29, 0.717) is 11.1 Å². The molecule has 5 nitrogen and oxygen atoms in total. The summed E-state index contributed by atoms with van der Waals surface area (Å²) in [6.07, 6.45) is -3.01. The van der Waals surface area contributed by atoms with E-state index in [0.717, 1.165) is 9.40 Å². The fourth-order valence-electron chi connectivity index (χ4n) is 2.60. The Bertz CT molecular complexity index is 930. The summed E-state index contributed by atoms with van der Waals surface area (Å²) in [4.78, 5) is 21.2. The van der Waals surface area contributed by atoms with Crippen molar-refractivity contribution in [2.24, 2.45) is 0 Å². The van der Waals surface area contributed by atoms with Crippen molar-refractivity contribution in [1.82, 2.24) is 14.5 Å². The van der Waals surface area contributed by atoms with Crippen LogP contribution in [0.15, 0.2) is 23.8 Å². The zero-order valence-electron chi connectivity index (χ0n) is 13.4. The van der Waals surface area contributed by atoms with Gasteiger partial charge in [-0.05, 0) is 31.4 Å². The Kier molecular flexibility index (Phi) is 4.51. The van der Waals surface area contributed by atoms with E-state index in [1.165, 1.54) is 37.6 Å². The highest BCUT2D eigenvalue weighted by Crippen LogP contribution is 2.26. The Balaban J connectivity index is 1.78. The molecule has 0 atom stereocenters. The van der Waals surface area contributed by atoms with Crippen LogP contribution in [0.4, 0.5) is 13.2 Å². The van der Waals surface area contributed by atoms with Crippen molar-refractivity contribution >= 4 is 27.3 Å². The Morgan fingerprint density at radius 1 is 1.32 bits per heavy atom. The minimum Gasteiger partial charge on any atom is -0.469 e. The van der Waals surface area contributed by atoms with E-state index in [4.69, 9.17) is 4.74 Å². The van der Waals surface area contributed by atoms with Gasteiger partial charge in [-0.2, -0.15) is 13.2 Å². The lowest BCUT2D eigenvalue weighted by Gasteiger charge is -2.12. The molecule has 25 heavy (non-hydrogen) atoms. The van der Waals surface area contributed by atoms with E-state index in [9.17, 15) is 18.0 Å². The van der Waals surface area contributed by atoms with Crippen molar-refractivity contribution in [3.05, 3.63) is 40.8 Å². The summed E-state index contributed by atoms with van der Waals surface area (Å²) >= 11 is 1.42. The molecule has 0 aromatic carbocycles. The first-order chi connectivity index (χ1) is 11.8. The molecule has 0 aliphatic heterocycles. The Hall–Kier alpha value is -2.42. The number of hydrogen-bond acceptors (Lipinski definition) is 5. The first-order valence-corrected chi connectivity index (χ1v) is 8.22. The van der Waals surface area contributed by atoms with Gasteiger partial charge in [0, 0.05) is 17.0 Å². The van der Waals surface area contributed by atoms with Crippen molar-refractivity contribution in [3.8, 4) is 5.88 Å². The van der Waals surface area contributed by atoms with Gasteiger partial charge in [-0.1, -0.05) is 0 Å². The molecule has 0 unspecified atom stereocenters. The highest BCUT2D eigenvalue weighted by Gasteiger charge is 2.30. The van der Waals surface area contributed by atoms with Crippen LogP contribution in [0.1, 0.15) is 21.7 Å². The van der Waals surface area contributed by atoms with E-state index in [1.54, 1.807) is 6.07 Å². The largest absolute Gasteiger partial charge is 0.469 e. The number of carbonyl (C=O) groups is 1. The van der Waals surface area contributed by atoms with Crippen molar-refractivity contribution in [3.63, 3.8) is 0 Å². The van der Waals surface area contributed by atoms with Gasteiger partial charge < -0.3 is 9.30 Å². The number of halogens is 3. The zero-order chi connectivity index (χ0) is 18.2. The first-order valence-electron chi connectivity index (χ1n) is 7.34. The molecule has 3 aromatic heterocycles. The van der Waals surface area contributed by atoms with Crippen LogP contribution < -0.4 is 4.74 Å². The molecule has 0 aliphatic carbocycles. The van der Waals surface area contributed by atoms with Gasteiger partial charge in [0.05, 0.1) is 5.39 Å². The highest BCUT2D eigenvalue weighted by atomic mass is 32.1. The fourth-order valence-corrected chi connectivity index (χ4v) is 3.32. The molecule has 0 bridgehead atoms. The molecule has 0 amide bonds. The molecule has 0 aliphatic rings. The number of ketones is 1. The summed E-state index contributed by atoms with van der Waals surface area (Å²) in [6.45, 7) is 1.60. The summed E-state index contributed by atoms with van der Waals surface area (Å²) in [7, 11) is 0. The number of hydrogen-bond donors (Lipinski definition) is 0. The summed E-state index contributed by atoms with van der Waals surface area (Å²) in [5.41, 5.74) is 0.865. The van der Waals surface area contributed by atoms with Crippen LogP contribution in [-0.4, -0.2) is 33.1 Å². The molecule has 0 saturated carbocycles. The predicted molar refractivity (Wildman–Crippen MR) is 87.2 cm³/mol. The normalized spacial score (nSPS) is 11.9. The molecule has 9 heteroatoms. The van der Waals surface area contributed by atoms with Gasteiger partial charge in [0.2, 0.25) is 11.7 Å². The Morgan fingerprint density at radius 3 is 2.80 bits per heavy atom. The molecule has 0 spiro atoms. The standard InChI is InChI=1S/C16H14F3N3O2S/c1-9-5-12(10(2)22(9)7-16(17,18)19)13(23)6-24-14-11-3-4-25-15(11)21-8-20-14/h3-5,8H,6-7H2,1-2H3. The van der Waals surface area contributed by atoms with E-state index in [2.05, 4.69) is 9.97 Å². The zero-order valence-corrected chi connectivity index (χ0v) is 14.2. The summed E-state index contributed by atoms with van der Waals surface area (Å²) in [5.74, 6) is -0.118. The molecule has 132 valence electrons. The maximum absolute atomic E-state index is 12.7. The maximum Gasteiger partial charge on any atom is 0.406 e. The van der Waals surface area contributed by atoms with Gasteiger partial charge >= 0.3 is 6.18 Å². The van der Waals surface area contributed by atoms with Crippen molar-refractivity contribution in [1.29, 1.82) is 0 Å². The smallest absolute Gasteiger partial charge is 0.406 e. The van der Waals surface area contributed by atoms with E-state index in [-0.39, 0.29) is 23.7 Å². The number of nitrogens with zero attached hydrogens (tertiary/aromatic N) is 3. The second kappa shape index (κ2) is 6.47. The van der Waals surface area contributed by atoms with Gasteiger partial charge in [0.25, 0.3) is 0 Å². The molecule has 3 rings (SSSR count). The number of rotatable bonds is 5. The number of alkyl halides is 3. The third-order valence-electron chi connectivity index (χ3n) is 3.78. The minimum absolute atomic E-state index is 0.220. The van der Waals surface area contributed by atoms with E-state index < -0.39 is 18.5 Å². The summed E-state index contributed by atoms with van der Waals surface area (Å²) < 4.78 is 44.5. The quantitative estimate of drug-likeness (QED) is 0.640. The van der Waals surface area contributed by atoms with Crippen LogP contribution in [0.3, 0.4) is 0 Å². The molecular weight excluding hydrogens is 355 g/mol. The van der Waals surface area contributed by atoms with E-state index >= 15 is 0 Å². The molecular formula is C16H14F3N3O2S. The molecule has 0 saturated heterocycles. The van der Waals surface area contributed by atoms with Crippen LogP contribution in [0.25, 0.3) is 10.2 Å². The van der Waals surface area contributed by atoms with Crippen molar-refractivity contribution in [2.45, 2.75) is 26.6 Å². The van der Waals surface area contributed by atoms with E-state index in [1.807, 2.05) is 5.38 Å². The van der Waals surface area contributed by atoms with Gasteiger partial charge in [0.15, 0.2) is 6.61 Å². The molecule has 3 heterocycles. The molecule has 3 aromatic rings. The number of carbonyl (C=O) groups excluding carboxylic acids is 1. The van der Waals surface area contributed by atoms with Gasteiger partial charge in [-0.3, -0.25) is 4.79 Å². The number of aromatic nitrogens is 3. The lowest BCUT2D eigenvalue weighted by molar-refractivity contribution is -0.141. The van der Waals surface area contributed by atoms with Crippen molar-refractivity contribution in [2.75, 3.05) is 6.61 Å². The Morgan fingerprint density at radius 2 is 2.08 bits per heavy atom. The molecule has 0 fully saturated rings. The minimum atomic E-state index is -4.35. The van der Waals surface area contributed by atoms with Gasteiger partial charge in [0.1, 0.15) is 17.7 Å². The third-order valence-corrected chi connectivity index (χ3v) is 4.60. The lowest BCUT2D eigenvalue weighted by atomic mass is 10.1. The fraction of sp³-hybridized carbons (Fsp3) is 0.312. The first kappa shape index (κ1) is 17.4. The van der Waals surface area contributed by atoms with Crippen LogP contribution in [0.2, 0.25) is 0 Å². The number of fused-ring (bicyclic) bond motifs is 1. The Labute approximate surface area is 145 Å². The average molecular weight is 369 g/mol. The van der Waals surface area contributed by atoms with Crippen LogP contribution in [-0.2, 0) is 6.54 Å². The number of ether oxygens (including phenoxy) is 1. The van der Waals surface area contributed by atoms with Crippen molar-refractivity contribution < 1.29 is 22.7 Å². The average Bonchev–Trinajstić information content (AvgIpc) is 3.11. The second-order valence-electron chi connectivity index (χ2n) is 5.52. The topological polar surface area (TPSA) is 57.0 Å².